The molecule has 0 atom stereocenters. The predicted molar refractivity (Wildman–Crippen MR) is 92.8 cm³/mol. The van der Waals surface area contributed by atoms with Crippen LogP contribution in [-0.2, 0) is 6.18 Å². The Balaban J connectivity index is 2.13. The van der Waals surface area contributed by atoms with E-state index in [2.05, 4.69) is 10.6 Å². The summed E-state index contributed by atoms with van der Waals surface area (Å²) in [7, 11) is 0. The fourth-order valence-electron chi connectivity index (χ4n) is 1.68. The SMILES string of the molecule is FC(F)(F)c1cccc(NC(=S)Nc2cc(Cl)c(Cl)cc2Cl)c1. The van der Waals surface area contributed by atoms with Gasteiger partial charge < -0.3 is 10.6 Å². The first-order chi connectivity index (χ1) is 10.7. The summed E-state index contributed by atoms with van der Waals surface area (Å²) in [5.41, 5.74) is -0.211. The highest BCUT2D eigenvalue weighted by atomic mass is 35.5. The van der Waals surface area contributed by atoms with Gasteiger partial charge in [0.2, 0.25) is 0 Å². The molecule has 0 amide bonds. The van der Waals surface area contributed by atoms with Crippen LogP contribution in [0.4, 0.5) is 24.5 Å². The van der Waals surface area contributed by atoms with Crippen LogP contribution in [0, 0.1) is 0 Å². The fourth-order valence-corrected chi connectivity index (χ4v) is 2.50. The third-order valence-corrected chi connectivity index (χ3v) is 3.94. The van der Waals surface area contributed by atoms with Gasteiger partial charge >= 0.3 is 6.18 Å². The summed E-state index contributed by atoms with van der Waals surface area (Å²) in [5, 5.41) is 6.27. The molecule has 0 spiro atoms. The molecule has 0 aromatic heterocycles. The van der Waals surface area contributed by atoms with Crippen molar-refractivity contribution >= 4 is 63.5 Å². The topological polar surface area (TPSA) is 24.1 Å². The second kappa shape index (κ2) is 7.13. The summed E-state index contributed by atoms with van der Waals surface area (Å²) >= 11 is 22.7. The van der Waals surface area contributed by atoms with Crippen molar-refractivity contribution in [1.29, 1.82) is 0 Å². The van der Waals surface area contributed by atoms with Gasteiger partial charge in [0.05, 0.1) is 26.3 Å². The number of hydrogen-bond acceptors (Lipinski definition) is 1. The molecule has 2 aromatic carbocycles. The van der Waals surface area contributed by atoms with Gasteiger partial charge in [-0.3, -0.25) is 0 Å². The van der Waals surface area contributed by atoms with Gasteiger partial charge in [0.1, 0.15) is 0 Å². The molecule has 2 aromatic rings. The molecule has 2 rings (SSSR count). The lowest BCUT2D eigenvalue weighted by Crippen LogP contribution is -2.19. The summed E-state index contributed by atoms with van der Waals surface area (Å²) < 4.78 is 38.0. The Kier molecular flexibility index (Phi) is 5.62. The number of halogens is 6. The van der Waals surface area contributed by atoms with E-state index < -0.39 is 11.7 Å². The van der Waals surface area contributed by atoms with Crippen LogP contribution >= 0.6 is 47.0 Å². The number of benzene rings is 2. The van der Waals surface area contributed by atoms with Crippen molar-refractivity contribution in [3.8, 4) is 0 Å². The largest absolute Gasteiger partial charge is 0.416 e. The first-order valence-electron chi connectivity index (χ1n) is 6.06. The summed E-state index contributed by atoms with van der Waals surface area (Å²) in [4.78, 5) is 0. The third kappa shape index (κ3) is 4.88. The molecular formula is C14H8Cl3F3N2S. The highest BCUT2D eigenvalue weighted by Gasteiger charge is 2.30. The lowest BCUT2D eigenvalue weighted by molar-refractivity contribution is -0.137. The highest BCUT2D eigenvalue weighted by Crippen LogP contribution is 2.33. The van der Waals surface area contributed by atoms with E-state index in [0.29, 0.717) is 5.69 Å². The molecule has 23 heavy (non-hydrogen) atoms. The Morgan fingerprint density at radius 3 is 2.22 bits per heavy atom. The van der Waals surface area contributed by atoms with Crippen molar-refractivity contribution < 1.29 is 13.2 Å². The van der Waals surface area contributed by atoms with Gasteiger partial charge in [0, 0.05) is 5.69 Å². The molecule has 0 unspecified atom stereocenters. The van der Waals surface area contributed by atoms with Crippen LogP contribution in [0.1, 0.15) is 5.56 Å². The molecule has 2 nitrogen and oxygen atoms in total. The van der Waals surface area contributed by atoms with Gasteiger partial charge in [0.25, 0.3) is 0 Å². The van der Waals surface area contributed by atoms with Crippen molar-refractivity contribution in [2.45, 2.75) is 6.18 Å². The van der Waals surface area contributed by atoms with E-state index in [4.69, 9.17) is 47.0 Å². The van der Waals surface area contributed by atoms with Crippen molar-refractivity contribution in [1.82, 2.24) is 0 Å². The summed E-state index contributed by atoms with van der Waals surface area (Å²) in [5.74, 6) is 0. The van der Waals surface area contributed by atoms with E-state index in [-0.39, 0.29) is 25.9 Å². The molecular weight excluding hydrogens is 392 g/mol. The molecule has 0 aliphatic carbocycles. The van der Waals surface area contributed by atoms with Crippen LogP contribution in [0.15, 0.2) is 36.4 Å². The van der Waals surface area contributed by atoms with Gasteiger partial charge in [-0.05, 0) is 42.5 Å². The minimum atomic E-state index is -4.43. The molecule has 122 valence electrons. The van der Waals surface area contributed by atoms with Crippen molar-refractivity contribution in [3.63, 3.8) is 0 Å². The maximum atomic E-state index is 12.7. The van der Waals surface area contributed by atoms with E-state index in [1.807, 2.05) is 0 Å². The smallest absolute Gasteiger partial charge is 0.332 e. The Hall–Kier alpha value is -1.21. The van der Waals surface area contributed by atoms with Gasteiger partial charge in [-0.1, -0.05) is 40.9 Å². The van der Waals surface area contributed by atoms with Crippen LogP contribution in [-0.4, -0.2) is 5.11 Å². The second-order valence-corrected chi connectivity index (χ2v) is 6.03. The normalized spacial score (nSPS) is 11.2. The molecule has 0 saturated carbocycles. The van der Waals surface area contributed by atoms with Crippen LogP contribution in [0.25, 0.3) is 0 Å². The Bertz CT molecular complexity index is 751. The molecule has 2 N–H and O–H groups in total. The van der Waals surface area contributed by atoms with Crippen LogP contribution in [0.5, 0.6) is 0 Å². The molecule has 0 fully saturated rings. The van der Waals surface area contributed by atoms with E-state index in [0.717, 1.165) is 12.1 Å². The average molecular weight is 400 g/mol. The summed E-state index contributed by atoms with van der Waals surface area (Å²) in [6.07, 6.45) is -4.43. The van der Waals surface area contributed by atoms with E-state index in [9.17, 15) is 13.2 Å². The summed E-state index contributed by atoms with van der Waals surface area (Å²) in [6, 6.07) is 7.55. The number of thiocarbonyl (C=S) groups is 1. The minimum Gasteiger partial charge on any atom is -0.332 e. The zero-order valence-electron chi connectivity index (χ0n) is 11.1. The zero-order valence-corrected chi connectivity index (χ0v) is 14.2. The van der Waals surface area contributed by atoms with E-state index in [1.165, 1.54) is 24.3 Å². The van der Waals surface area contributed by atoms with Crippen molar-refractivity contribution in [2.24, 2.45) is 0 Å². The number of rotatable bonds is 2. The van der Waals surface area contributed by atoms with E-state index in [1.54, 1.807) is 0 Å². The number of nitrogens with one attached hydrogen (secondary N) is 2. The van der Waals surface area contributed by atoms with Crippen LogP contribution in [0.3, 0.4) is 0 Å². The van der Waals surface area contributed by atoms with Crippen LogP contribution in [0.2, 0.25) is 15.1 Å². The van der Waals surface area contributed by atoms with Crippen molar-refractivity contribution in [3.05, 3.63) is 57.0 Å². The molecule has 0 bridgehead atoms. The second-order valence-electron chi connectivity index (χ2n) is 4.40. The summed E-state index contributed by atoms with van der Waals surface area (Å²) in [6.45, 7) is 0. The maximum absolute atomic E-state index is 12.7. The number of hydrogen-bond donors (Lipinski definition) is 2. The molecule has 9 heteroatoms. The Morgan fingerprint density at radius 2 is 1.57 bits per heavy atom. The number of alkyl halides is 3. The van der Waals surface area contributed by atoms with E-state index >= 15 is 0 Å². The first-order valence-corrected chi connectivity index (χ1v) is 7.61. The Labute approximate surface area is 150 Å². The minimum absolute atomic E-state index is 0.0598. The molecule has 0 aliphatic rings. The monoisotopic (exact) mass is 398 g/mol. The first kappa shape index (κ1) is 18.1. The lowest BCUT2D eigenvalue weighted by atomic mass is 10.2. The van der Waals surface area contributed by atoms with Gasteiger partial charge in [-0.15, -0.1) is 0 Å². The van der Waals surface area contributed by atoms with Gasteiger partial charge in [0.15, 0.2) is 5.11 Å². The quantitative estimate of drug-likeness (QED) is 0.447. The molecule has 0 radical (unpaired) electrons. The standard InChI is InChI=1S/C14H8Cl3F3N2S/c15-9-5-11(17)12(6-10(9)16)22-13(23)21-8-3-1-2-7(4-8)14(18,19)20/h1-6H,(H2,21,22,23). The maximum Gasteiger partial charge on any atom is 0.416 e. The van der Waals surface area contributed by atoms with Crippen molar-refractivity contribution in [2.75, 3.05) is 10.6 Å². The third-order valence-electron chi connectivity index (χ3n) is 2.71. The van der Waals surface area contributed by atoms with Gasteiger partial charge in [-0.25, -0.2) is 0 Å². The molecule has 0 saturated heterocycles. The molecule has 0 heterocycles. The fraction of sp³-hybridized carbons (Fsp3) is 0.0714. The molecule has 0 aliphatic heterocycles. The highest BCUT2D eigenvalue weighted by molar-refractivity contribution is 7.80. The van der Waals surface area contributed by atoms with Gasteiger partial charge in [-0.2, -0.15) is 13.2 Å². The zero-order chi connectivity index (χ0) is 17.2. The Morgan fingerprint density at radius 1 is 0.913 bits per heavy atom. The van der Waals surface area contributed by atoms with Crippen LogP contribution < -0.4 is 10.6 Å². The number of anilines is 2. The average Bonchev–Trinajstić information content (AvgIpc) is 2.44. The lowest BCUT2D eigenvalue weighted by Gasteiger charge is -2.14. The predicted octanol–water partition coefficient (Wildman–Crippen LogP) is 6.47.